The lowest BCUT2D eigenvalue weighted by molar-refractivity contribution is -0.0294. The molecule has 2 aliphatic heterocycles. The van der Waals surface area contributed by atoms with Crippen molar-refractivity contribution in [1.29, 1.82) is 0 Å². The van der Waals surface area contributed by atoms with Crippen LogP contribution in [-0.2, 0) is 14.8 Å². The van der Waals surface area contributed by atoms with Crippen molar-refractivity contribution < 1.29 is 17.9 Å². The Hall–Kier alpha value is -1.68. The molecule has 8 nitrogen and oxygen atoms in total. The van der Waals surface area contributed by atoms with Crippen molar-refractivity contribution in [3.05, 3.63) is 29.8 Å². The van der Waals surface area contributed by atoms with E-state index in [1.165, 1.54) is 4.31 Å². The Morgan fingerprint density at radius 2 is 1.80 bits per heavy atom. The van der Waals surface area contributed by atoms with E-state index in [2.05, 4.69) is 24.1 Å². The van der Waals surface area contributed by atoms with Crippen LogP contribution in [0.15, 0.2) is 29.2 Å². The zero-order valence-corrected chi connectivity index (χ0v) is 19.0. The van der Waals surface area contributed by atoms with E-state index in [-0.39, 0.29) is 12.1 Å². The molecule has 1 atom stereocenters. The highest BCUT2D eigenvalue weighted by Crippen LogP contribution is 2.18. The number of carbonyl (C=O) groups is 1. The van der Waals surface area contributed by atoms with Gasteiger partial charge in [-0.3, -0.25) is 4.90 Å². The SMILES string of the molecule is Cc1ccc(S(=O)(=O)N2CCN(C(=O)NC[C@H]3CN(CC(C)C)CCO3)CC2)cc1. The lowest BCUT2D eigenvalue weighted by atomic mass is 10.2. The van der Waals surface area contributed by atoms with E-state index >= 15 is 0 Å². The van der Waals surface area contributed by atoms with Crippen LogP contribution in [0, 0.1) is 12.8 Å². The van der Waals surface area contributed by atoms with Gasteiger partial charge in [0, 0.05) is 52.4 Å². The predicted molar refractivity (Wildman–Crippen MR) is 116 cm³/mol. The highest BCUT2D eigenvalue weighted by Gasteiger charge is 2.30. The average molecular weight is 439 g/mol. The second-order valence-electron chi connectivity index (χ2n) is 8.54. The summed E-state index contributed by atoms with van der Waals surface area (Å²) in [5.41, 5.74) is 1.02. The number of benzene rings is 1. The molecule has 2 saturated heterocycles. The summed E-state index contributed by atoms with van der Waals surface area (Å²) < 4.78 is 32.8. The number of nitrogens with zero attached hydrogens (tertiary/aromatic N) is 3. The van der Waals surface area contributed by atoms with E-state index in [1.807, 2.05) is 6.92 Å². The van der Waals surface area contributed by atoms with Gasteiger partial charge in [-0.25, -0.2) is 13.2 Å². The largest absolute Gasteiger partial charge is 0.374 e. The number of aryl methyl sites for hydroxylation is 1. The molecule has 0 aliphatic carbocycles. The molecule has 0 spiro atoms. The first kappa shape index (κ1) is 23.0. The second kappa shape index (κ2) is 10.1. The Bertz CT molecular complexity index is 805. The van der Waals surface area contributed by atoms with Crippen molar-refractivity contribution >= 4 is 16.1 Å². The zero-order valence-electron chi connectivity index (χ0n) is 18.2. The number of ether oxygens (including phenoxy) is 1. The summed E-state index contributed by atoms with van der Waals surface area (Å²) in [5, 5.41) is 2.95. The fourth-order valence-electron chi connectivity index (χ4n) is 3.89. The fourth-order valence-corrected chi connectivity index (χ4v) is 5.31. The molecule has 2 fully saturated rings. The molecule has 1 N–H and O–H groups in total. The number of hydrogen-bond donors (Lipinski definition) is 1. The number of amides is 2. The van der Waals surface area contributed by atoms with E-state index < -0.39 is 10.0 Å². The summed E-state index contributed by atoms with van der Waals surface area (Å²) in [5.74, 6) is 0.603. The van der Waals surface area contributed by atoms with Gasteiger partial charge in [0.2, 0.25) is 10.0 Å². The first-order valence-electron chi connectivity index (χ1n) is 10.7. The van der Waals surface area contributed by atoms with Gasteiger partial charge in [0.15, 0.2) is 0 Å². The molecule has 3 rings (SSSR count). The van der Waals surface area contributed by atoms with Gasteiger partial charge < -0.3 is 15.0 Å². The summed E-state index contributed by atoms with van der Waals surface area (Å²) in [6.07, 6.45) is -0.00958. The van der Waals surface area contributed by atoms with Gasteiger partial charge in [0.1, 0.15) is 0 Å². The third-order valence-corrected chi connectivity index (χ3v) is 7.42. The minimum atomic E-state index is -3.52. The number of carbonyl (C=O) groups excluding carboxylic acids is 1. The summed E-state index contributed by atoms with van der Waals surface area (Å²) in [6, 6.07) is 6.71. The number of morpholine rings is 1. The normalized spacial score (nSPS) is 21.7. The van der Waals surface area contributed by atoms with Crippen LogP contribution in [0.4, 0.5) is 4.79 Å². The molecule has 168 valence electrons. The first-order valence-corrected chi connectivity index (χ1v) is 12.1. The van der Waals surface area contributed by atoms with E-state index in [0.29, 0.717) is 50.1 Å². The van der Waals surface area contributed by atoms with E-state index in [4.69, 9.17) is 4.74 Å². The van der Waals surface area contributed by atoms with E-state index in [9.17, 15) is 13.2 Å². The molecule has 0 aromatic heterocycles. The summed E-state index contributed by atoms with van der Waals surface area (Å²) in [4.78, 5) is 16.9. The van der Waals surface area contributed by atoms with Crippen LogP contribution >= 0.6 is 0 Å². The van der Waals surface area contributed by atoms with Crippen molar-refractivity contribution in [3.63, 3.8) is 0 Å². The molecule has 2 aliphatic rings. The Morgan fingerprint density at radius 3 is 2.43 bits per heavy atom. The van der Waals surface area contributed by atoms with Crippen molar-refractivity contribution in [1.82, 2.24) is 19.4 Å². The number of rotatable bonds is 6. The fraction of sp³-hybridized carbons (Fsp3) is 0.667. The maximum absolute atomic E-state index is 12.8. The molecule has 1 aromatic rings. The van der Waals surface area contributed by atoms with Gasteiger partial charge in [-0.15, -0.1) is 0 Å². The third kappa shape index (κ3) is 5.94. The van der Waals surface area contributed by atoms with Crippen LogP contribution in [0.3, 0.4) is 0 Å². The van der Waals surface area contributed by atoms with E-state index in [1.54, 1.807) is 29.2 Å². The molecule has 2 heterocycles. The Labute approximate surface area is 180 Å². The topological polar surface area (TPSA) is 82.2 Å². The quantitative estimate of drug-likeness (QED) is 0.725. The third-order valence-electron chi connectivity index (χ3n) is 5.51. The molecule has 9 heteroatoms. The molecule has 0 radical (unpaired) electrons. The van der Waals surface area contributed by atoms with Crippen molar-refractivity contribution in [3.8, 4) is 0 Å². The lowest BCUT2D eigenvalue weighted by Crippen LogP contribution is -2.55. The minimum Gasteiger partial charge on any atom is -0.374 e. The molecule has 1 aromatic carbocycles. The summed E-state index contributed by atoms with van der Waals surface area (Å²) in [7, 11) is -3.52. The smallest absolute Gasteiger partial charge is 0.317 e. The second-order valence-corrected chi connectivity index (χ2v) is 10.5. The van der Waals surface area contributed by atoms with Crippen LogP contribution in [0.1, 0.15) is 19.4 Å². The van der Waals surface area contributed by atoms with Crippen LogP contribution in [0.25, 0.3) is 0 Å². The Balaban J connectivity index is 1.45. The molecular weight excluding hydrogens is 404 g/mol. The molecule has 0 saturated carbocycles. The maximum Gasteiger partial charge on any atom is 0.317 e. The highest BCUT2D eigenvalue weighted by atomic mass is 32.2. The predicted octanol–water partition coefficient (Wildman–Crippen LogP) is 1.37. The molecule has 2 amide bonds. The van der Waals surface area contributed by atoms with Crippen molar-refractivity contribution in [2.45, 2.75) is 31.8 Å². The van der Waals surface area contributed by atoms with Crippen LogP contribution in [0.2, 0.25) is 0 Å². The van der Waals surface area contributed by atoms with Crippen molar-refractivity contribution in [2.75, 3.05) is 59.0 Å². The monoisotopic (exact) mass is 438 g/mol. The molecule has 30 heavy (non-hydrogen) atoms. The lowest BCUT2D eigenvalue weighted by Gasteiger charge is -2.36. The number of nitrogens with one attached hydrogen (secondary N) is 1. The van der Waals surface area contributed by atoms with Gasteiger partial charge in [-0.05, 0) is 25.0 Å². The Morgan fingerprint density at radius 1 is 1.13 bits per heavy atom. The van der Waals surface area contributed by atoms with Gasteiger partial charge in [-0.1, -0.05) is 31.5 Å². The number of sulfonamides is 1. The molecule has 0 unspecified atom stereocenters. The highest BCUT2D eigenvalue weighted by molar-refractivity contribution is 7.89. The van der Waals surface area contributed by atoms with Crippen molar-refractivity contribution in [2.24, 2.45) is 5.92 Å². The van der Waals surface area contributed by atoms with Gasteiger partial charge in [0.05, 0.1) is 17.6 Å². The Kier molecular flexibility index (Phi) is 7.73. The van der Waals surface area contributed by atoms with Gasteiger partial charge in [0.25, 0.3) is 0 Å². The van der Waals surface area contributed by atoms with Gasteiger partial charge in [-0.2, -0.15) is 4.31 Å². The standard InChI is InChI=1S/C21H34N4O4S/c1-17(2)15-23-12-13-29-19(16-23)14-22-21(26)24-8-10-25(11-9-24)30(27,28)20-6-4-18(3)5-7-20/h4-7,17,19H,8-16H2,1-3H3,(H,22,26)/t19-/m0/s1. The van der Waals surface area contributed by atoms with E-state index in [0.717, 1.165) is 25.2 Å². The summed E-state index contributed by atoms with van der Waals surface area (Å²) >= 11 is 0. The number of piperazine rings is 1. The van der Waals surface area contributed by atoms with Crippen LogP contribution in [-0.4, -0.2) is 93.6 Å². The molecular formula is C21H34N4O4S. The van der Waals surface area contributed by atoms with Crippen LogP contribution < -0.4 is 5.32 Å². The summed E-state index contributed by atoms with van der Waals surface area (Å²) in [6.45, 7) is 11.6. The number of hydrogen-bond acceptors (Lipinski definition) is 5. The zero-order chi connectivity index (χ0) is 21.7. The average Bonchev–Trinajstić information content (AvgIpc) is 2.72. The molecule has 0 bridgehead atoms. The first-order chi connectivity index (χ1) is 14.3. The number of urea groups is 1. The maximum atomic E-state index is 12.8. The minimum absolute atomic E-state index is 0.00958. The van der Waals surface area contributed by atoms with Crippen LogP contribution in [0.5, 0.6) is 0 Å². The van der Waals surface area contributed by atoms with Gasteiger partial charge >= 0.3 is 6.03 Å².